The Kier molecular flexibility index (Phi) is 6.45. The molecule has 4 rings (SSSR count). The number of hydrogen-bond acceptors (Lipinski definition) is 3. The predicted molar refractivity (Wildman–Crippen MR) is 129 cm³/mol. The summed E-state index contributed by atoms with van der Waals surface area (Å²) in [6.45, 7) is 4.63. The van der Waals surface area contributed by atoms with Gasteiger partial charge in [-0.05, 0) is 35.2 Å². The van der Waals surface area contributed by atoms with Crippen molar-refractivity contribution in [3.8, 4) is 0 Å². The lowest BCUT2D eigenvalue weighted by Crippen LogP contribution is -2.47. The number of halogens is 2. The maximum atomic E-state index is 13.4. The molecule has 1 amide bonds. The molecule has 174 valence electrons. The first-order chi connectivity index (χ1) is 15.6. The highest BCUT2D eigenvalue weighted by atomic mass is 35.5. The minimum absolute atomic E-state index is 0.0383. The molecule has 3 aromatic rings. The number of aryl methyl sites for hydroxylation is 1. The van der Waals surface area contributed by atoms with Gasteiger partial charge in [-0.15, -0.1) is 0 Å². The minimum Gasteiger partial charge on any atom is -0.481 e. The second kappa shape index (κ2) is 9.01. The van der Waals surface area contributed by atoms with Crippen LogP contribution < -0.4 is 5.32 Å². The van der Waals surface area contributed by atoms with Crippen LogP contribution in [0.15, 0.2) is 42.5 Å². The Morgan fingerprint density at radius 2 is 1.85 bits per heavy atom. The summed E-state index contributed by atoms with van der Waals surface area (Å²) in [5.41, 5.74) is 2.18. The van der Waals surface area contributed by atoms with Crippen LogP contribution in [-0.4, -0.2) is 34.8 Å². The number of nitrogens with one attached hydrogen (secondary N) is 1. The first-order valence-corrected chi connectivity index (χ1v) is 11.6. The van der Waals surface area contributed by atoms with E-state index in [4.69, 9.17) is 27.9 Å². The largest absolute Gasteiger partial charge is 0.481 e. The molecule has 2 heterocycles. The van der Waals surface area contributed by atoms with E-state index in [1.54, 1.807) is 16.7 Å². The fourth-order valence-electron chi connectivity index (χ4n) is 4.63. The lowest BCUT2D eigenvalue weighted by atomic mass is 9.84. The van der Waals surface area contributed by atoms with Crippen LogP contribution in [0, 0.1) is 5.92 Å². The summed E-state index contributed by atoms with van der Waals surface area (Å²) in [7, 11) is 1.81. The van der Waals surface area contributed by atoms with Crippen LogP contribution in [0.4, 0.5) is 0 Å². The zero-order valence-corrected chi connectivity index (χ0v) is 20.2. The highest BCUT2D eigenvalue weighted by Crippen LogP contribution is 2.35. The van der Waals surface area contributed by atoms with E-state index < -0.39 is 17.4 Å². The third kappa shape index (κ3) is 4.23. The van der Waals surface area contributed by atoms with Crippen molar-refractivity contribution in [1.29, 1.82) is 0 Å². The van der Waals surface area contributed by atoms with Crippen molar-refractivity contribution < 1.29 is 19.4 Å². The molecule has 0 saturated carbocycles. The molecule has 0 radical (unpaired) electrons. The fourth-order valence-corrected chi connectivity index (χ4v) is 5.01. The molecule has 8 heteroatoms. The smallest absolute Gasteiger partial charge is 0.311 e. The zero-order chi connectivity index (χ0) is 23.9. The molecule has 2 unspecified atom stereocenters. The lowest BCUT2D eigenvalue weighted by molar-refractivity contribution is -0.139. The first kappa shape index (κ1) is 23.6. The molecule has 1 aliphatic rings. The van der Waals surface area contributed by atoms with Crippen LogP contribution in [0.3, 0.4) is 0 Å². The average Bonchev–Trinajstić information content (AvgIpc) is 3.36. The molecule has 2 atom stereocenters. The van der Waals surface area contributed by atoms with Crippen molar-refractivity contribution in [3.63, 3.8) is 0 Å². The van der Waals surface area contributed by atoms with Crippen LogP contribution in [-0.2, 0) is 22.1 Å². The van der Waals surface area contributed by atoms with Gasteiger partial charge in [0.15, 0.2) is 0 Å². The van der Waals surface area contributed by atoms with Crippen molar-refractivity contribution in [1.82, 2.24) is 9.88 Å². The molecular formula is C25H26Cl2N2O4. The van der Waals surface area contributed by atoms with E-state index in [0.717, 1.165) is 16.6 Å². The Morgan fingerprint density at radius 1 is 1.15 bits per heavy atom. The third-order valence-electron chi connectivity index (χ3n) is 6.48. The van der Waals surface area contributed by atoms with Gasteiger partial charge in [-0.2, -0.15) is 0 Å². The zero-order valence-electron chi connectivity index (χ0n) is 18.7. The Bertz CT molecular complexity index is 1210. The van der Waals surface area contributed by atoms with Gasteiger partial charge < -0.3 is 19.7 Å². The standard InChI is InChI=1S/C25H26Cl2N2O4/c1-14(2)21(24(31)32)15-4-6-16(7-5-15)25(10-11-33-13-25)28-23(30)20-12-17-19(29(20)3)9-8-18(26)22(17)27/h4-9,12,14,21H,10-11,13H2,1-3H3,(H,28,30)(H,31,32). The second-order valence-electron chi connectivity index (χ2n) is 8.90. The van der Waals surface area contributed by atoms with Crippen molar-refractivity contribution >= 4 is 46.0 Å². The number of rotatable bonds is 6. The number of ether oxygens (including phenoxy) is 1. The predicted octanol–water partition coefficient (Wildman–Crippen LogP) is 5.35. The molecule has 2 N–H and O–H groups in total. The highest BCUT2D eigenvalue weighted by Gasteiger charge is 2.39. The molecule has 0 spiro atoms. The van der Waals surface area contributed by atoms with Gasteiger partial charge in [-0.3, -0.25) is 9.59 Å². The molecule has 0 aliphatic carbocycles. The van der Waals surface area contributed by atoms with Crippen LogP contribution in [0.25, 0.3) is 10.9 Å². The summed E-state index contributed by atoms with van der Waals surface area (Å²) in [5.74, 6) is -1.72. The summed E-state index contributed by atoms with van der Waals surface area (Å²) in [6, 6.07) is 12.7. The summed E-state index contributed by atoms with van der Waals surface area (Å²) in [4.78, 5) is 25.1. The van der Waals surface area contributed by atoms with E-state index in [0.29, 0.717) is 40.8 Å². The fraction of sp³-hybridized carbons (Fsp3) is 0.360. The Balaban J connectivity index is 1.66. The summed E-state index contributed by atoms with van der Waals surface area (Å²) in [5, 5.41) is 14.3. The summed E-state index contributed by atoms with van der Waals surface area (Å²) in [6.07, 6.45) is 0.612. The Labute approximate surface area is 202 Å². The van der Waals surface area contributed by atoms with Crippen molar-refractivity contribution in [3.05, 3.63) is 69.3 Å². The quantitative estimate of drug-likeness (QED) is 0.489. The number of aliphatic carboxylic acids is 1. The maximum Gasteiger partial charge on any atom is 0.311 e. The van der Waals surface area contributed by atoms with Gasteiger partial charge in [0.2, 0.25) is 0 Å². The summed E-state index contributed by atoms with van der Waals surface area (Å²) >= 11 is 12.5. The van der Waals surface area contributed by atoms with Gasteiger partial charge in [0.1, 0.15) is 5.69 Å². The molecule has 6 nitrogen and oxygen atoms in total. The highest BCUT2D eigenvalue weighted by molar-refractivity contribution is 6.45. The second-order valence-corrected chi connectivity index (χ2v) is 9.69. The van der Waals surface area contributed by atoms with Gasteiger partial charge in [0.25, 0.3) is 5.91 Å². The number of benzene rings is 2. The third-order valence-corrected chi connectivity index (χ3v) is 7.29. The number of carboxylic acids is 1. The van der Waals surface area contributed by atoms with Crippen molar-refractivity contribution in [2.24, 2.45) is 13.0 Å². The van der Waals surface area contributed by atoms with E-state index >= 15 is 0 Å². The number of aromatic nitrogens is 1. The number of amides is 1. The van der Waals surface area contributed by atoms with E-state index in [9.17, 15) is 14.7 Å². The molecule has 1 aliphatic heterocycles. The molecule has 1 saturated heterocycles. The SMILES string of the molecule is CC(C)C(C(=O)O)c1ccc(C2(NC(=O)c3cc4c(Cl)c(Cl)ccc4n3C)CCOC2)cc1. The van der Waals surface area contributed by atoms with Crippen molar-refractivity contribution in [2.45, 2.75) is 31.7 Å². The number of hydrogen-bond donors (Lipinski definition) is 2. The van der Waals surface area contributed by atoms with Gasteiger partial charge in [0, 0.05) is 31.0 Å². The van der Waals surface area contributed by atoms with Gasteiger partial charge >= 0.3 is 5.97 Å². The molecule has 0 bridgehead atoms. The number of carbonyl (C=O) groups excluding carboxylic acids is 1. The number of carbonyl (C=O) groups is 2. The number of carboxylic acid groups (broad SMARTS) is 1. The average molecular weight is 489 g/mol. The first-order valence-electron chi connectivity index (χ1n) is 10.8. The number of fused-ring (bicyclic) bond motifs is 1. The van der Waals surface area contributed by atoms with Crippen molar-refractivity contribution in [2.75, 3.05) is 13.2 Å². The normalized spacial score (nSPS) is 19.2. The Hall–Kier alpha value is -2.54. The van der Waals surface area contributed by atoms with Crippen LogP contribution in [0.1, 0.15) is 47.8 Å². The molecule has 1 aromatic heterocycles. The molecular weight excluding hydrogens is 463 g/mol. The van der Waals surface area contributed by atoms with E-state index in [1.165, 1.54) is 0 Å². The van der Waals surface area contributed by atoms with Gasteiger partial charge in [-0.1, -0.05) is 61.3 Å². The van der Waals surface area contributed by atoms with Gasteiger partial charge in [0.05, 0.1) is 28.1 Å². The Morgan fingerprint density at radius 3 is 2.42 bits per heavy atom. The summed E-state index contributed by atoms with van der Waals surface area (Å²) < 4.78 is 7.47. The van der Waals surface area contributed by atoms with Crippen LogP contribution in [0.5, 0.6) is 0 Å². The topological polar surface area (TPSA) is 80.6 Å². The van der Waals surface area contributed by atoms with Gasteiger partial charge in [-0.25, -0.2) is 0 Å². The minimum atomic E-state index is -0.848. The van der Waals surface area contributed by atoms with E-state index in [2.05, 4.69) is 5.32 Å². The molecule has 33 heavy (non-hydrogen) atoms. The van der Waals surface area contributed by atoms with Crippen LogP contribution >= 0.6 is 23.2 Å². The van der Waals surface area contributed by atoms with E-state index in [-0.39, 0.29) is 11.8 Å². The molecule has 2 aromatic carbocycles. The lowest BCUT2D eigenvalue weighted by Gasteiger charge is -2.30. The maximum absolute atomic E-state index is 13.4. The van der Waals surface area contributed by atoms with Crippen LogP contribution in [0.2, 0.25) is 10.0 Å². The monoisotopic (exact) mass is 488 g/mol. The van der Waals surface area contributed by atoms with E-state index in [1.807, 2.05) is 51.2 Å². The molecule has 1 fully saturated rings. The number of nitrogens with zero attached hydrogens (tertiary/aromatic N) is 1.